The van der Waals surface area contributed by atoms with Gasteiger partial charge in [-0.3, -0.25) is 0 Å². The summed E-state index contributed by atoms with van der Waals surface area (Å²) in [5.74, 6) is 0.754. The topological polar surface area (TPSA) is 88.4 Å². The quantitative estimate of drug-likeness (QED) is 0.764. The number of sulfonamides is 1. The molecule has 3 rings (SSSR count). The van der Waals surface area contributed by atoms with Gasteiger partial charge in [-0.25, -0.2) is 13.1 Å². The zero-order valence-corrected chi connectivity index (χ0v) is 16.7. The monoisotopic (exact) mass is 406 g/mol. The van der Waals surface area contributed by atoms with Crippen molar-refractivity contribution in [3.63, 3.8) is 0 Å². The van der Waals surface area contributed by atoms with Crippen LogP contribution < -0.4 is 9.46 Å². The molecular formula is C19H22N2O4S2. The Hall–Kier alpha value is -1.92. The van der Waals surface area contributed by atoms with Gasteiger partial charge in [-0.15, -0.1) is 11.3 Å². The van der Waals surface area contributed by atoms with Crippen molar-refractivity contribution >= 4 is 21.4 Å². The Bertz CT molecular complexity index is 901. The maximum absolute atomic E-state index is 11.9. The van der Waals surface area contributed by atoms with E-state index in [1.165, 1.54) is 11.3 Å². The molecule has 2 heterocycles. The molecule has 8 heteroatoms. The second-order valence-electron chi connectivity index (χ2n) is 6.36. The van der Waals surface area contributed by atoms with Crippen LogP contribution >= 0.6 is 11.3 Å². The first-order valence-corrected chi connectivity index (χ1v) is 11.3. The maximum Gasteiger partial charge on any atom is 0.211 e. The van der Waals surface area contributed by atoms with Crippen molar-refractivity contribution in [3.8, 4) is 22.3 Å². The molecule has 0 amide bonds. The molecule has 0 saturated carbocycles. The van der Waals surface area contributed by atoms with Crippen molar-refractivity contribution in [2.45, 2.75) is 19.4 Å². The van der Waals surface area contributed by atoms with E-state index in [0.29, 0.717) is 31.1 Å². The maximum atomic E-state index is 11.9. The van der Waals surface area contributed by atoms with Crippen molar-refractivity contribution in [3.05, 3.63) is 41.3 Å². The lowest BCUT2D eigenvalue weighted by molar-refractivity contribution is 0.0186. The zero-order chi connectivity index (χ0) is 19.3. The fourth-order valence-corrected chi connectivity index (χ4v) is 4.65. The van der Waals surface area contributed by atoms with Gasteiger partial charge in [0.05, 0.1) is 19.0 Å². The number of nitrogens with zero attached hydrogens (tertiary/aromatic N) is 1. The molecule has 6 nitrogen and oxygen atoms in total. The average molecular weight is 407 g/mol. The molecule has 1 aromatic heterocycles. The average Bonchev–Trinajstić information content (AvgIpc) is 3.17. The van der Waals surface area contributed by atoms with E-state index in [-0.39, 0.29) is 17.7 Å². The Labute approximate surface area is 163 Å². The van der Waals surface area contributed by atoms with Crippen molar-refractivity contribution in [1.29, 1.82) is 5.26 Å². The summed E-state index contributed by atoms with van der Waals surface area (Å²) in [6, 6.07) is 13.4. The van der Waals surface area contributed by atoms with E-state index in [9.17, 15) is 8.42 Å². The summed E-state index contributed by atoms with van der Waals surface area (Å²) in [5.41, 5.74) is 1.03. The van der Waals surface area contributed by atoms with E-state index < -0.39 is 10.0 Å². The zero-order valence-electron chi connectivity index (χ0n) is 15.1. The second kappa shape index (κ2) is 8.85. The van der Waals surface area contributed by atoms with Gasteiger partial charge in [0.15, 0.2) is 0 Å². The third kappa shape index (κ3) is 5.30. The molecule has 0 spiro atoms. The number of thiophene rings is 1. The predicted molar refractivity (Wildman–Crippen MR) is 105 cm³/mol. The molecule has 1 N–H and O–H groups in total. The van der Waals surface area contributed by atoms with Crippen molar-refractivity contribution < 1.29 is 17.9 Å². The Morgan fingerprint density at radius 3 is 2.74 bits per heavy atom. The smallest absolute Gasteiger partial charge is 0.211 e. The molecule has 0 unspecified atom stereocenters. The minimum atomic E-state index is -3.25. The van der Waals surface area contributed by atoms with E-state index in [1.54, 1.807) is 6.92 Å². The molecule has 1 fully saturated rings. The fourth-order valence-electron chi connectivity index (χ4n) is 2.90. The van der Waals surface area contributed by atoms with Crippen LogP contribution in [0, 0.1) is 17.2 Å². The first-order valence-electron chi connectivity index (χ1n) is 8.81. The molecule has 1 aliphatic heterocycles. The number of nitriles is 1. The Morgan fingerprint density at radius 1 is 1.30 bits per heavy atom. The van der Waals surface area contributed by atoms with Gasteiger partial charge in [-0.1, -0.05) is 0 Å². The van der Waals surface area contributed by atoms with Gasteiger partial charge in [-0.05, 0) is 55.3 Å². The van der Waals surface area contributed by atoms with Crippen LogP contribution in [0.3, 0.4) is 0 Å². The summed E-state index contributed by atoms with van der Waals surface area (Å²) in [4.78, 5) is 1.72. The molecular weight excluding hydrogens is 384 g/mol. The van der Waals surface area contributed by atoms with Crippen LogP contribution in [-0.4, -0.2) is 40.0 Å². The van der Waals surface area contributed by atoms with Gasteiger partial charge in [-0.2, -0.15) is 5.26 Å². The normalized spacial score (nSPS) is 20.1. The second-order valence-corrected chi connectivity index (χ2v) is 9.49. The number of hydrogen-bond acceptors (Lipinski definition) is 6. The number of hydrogen-bond donors (Lipinski definition) is 1. The summed E-state index contributed by atoms with van der Waals surface area (Å²) in [7, 11) is -3.25. The van der Waals surface area contributed by atoms with Crippen LogP contribution in [0.25, 0.3) is 10.4 Å². The lowest BCUT2D eigenvalue weighted by Crippen LogP contribution is -2.47. The third-order valence-corrected chi connectivity index (χ3v) is 6.97. The Kier molecular flexibility index (Phi) is 6.50. The summed E-state index contributed by atoms with van der Waals surface area (Å²) in [6.45, 7) is 3.03. The molecule has 0 aliphatic carbocycles. The number of ether oxygens (including phenoxy) is 2. The Morgan fingerprint density at radius 2 is 2.07 bits per heavy atom. The van der Waals surface area contributed by atoms with E-state index in [4.69, 9.17) is 14.7 Å². The first-order chi connectivity index (χ1) is 13.0. The van der Waals surface area contributed by atoms with E-state index in [1.807, 2.05) is 36.4 Å². The molecule has 0 bridgehead atoms. The minimum Gasteiger partial charge on any atom is -0.493 e. The summed E-state index contributed by atoms with van der Waals surface area (Å²) in [6.07, 6.45) is 0.645. The third-order valence-electron chi connectivity index (χ3n) is 4.50. The van der Waals surface area contributed by atoms with Crippen LogP contribution in [0.1, 0.15) is 18.2 Å². The molecule has 27 heavy (non-hydrogen) atoms. The number of nitrogens with one attached hydrogen (secondary N) is 1. The van der Waals surface area contributed by atoms with Gasteiger partial charge in [0.1, 0.15) is 16.7 Å². The van der Waals surface area contributed by atoms with E-state index in [0.717, 1.165) is 16.2 Å². The molecule has 2 aromatic rings. The lowest BCUT2D eigenvalue weighted by atomic mass is 9.98. The standard InChI is InChI=1S/C19H22N2O4S2/c1-2-27(22,23)21-18-9-10-24-12-15(18)13-25-16-5-3-14(4-6-16)19-8-7-17(11-20)26-19/h3-8,15,18,21H,2,9-10,12-13H2,1H3/t15-,18+/m1/s1. The molecule has 0 radical (unpaired) electrons. The van der Waals surface area contributed by atoms with Crippen molar-refractivity contribution in [1.82, 2.24) is 4.72 Å². The van der Waals surface area contributed by atoms with Crippen LogP contribution in [0.4, 0.5) is 0 Å². The minimum absolute atomic E-state index is 0.0322. The van der Waals surface area contributed by atoms with Crippen LogP contribution in [0.5, 0.6) is 5.75 Å². The van der Waals surface area contributed by atoms with Crippen molar-refractivity contribution in [2.75, 3.05) is 25.6 Å². The molecule has 1 saturated heterocycles. The van der Waals surface area contributed by atoms with E-state index >= 15 is 0 Å². The summed E-state index contributed by atoms with van der Waals surface area (Å²) >= 11 is 1.45. The molecule has 2 atom stereocenters. The van der Waals surface area contributed by atoms with Crippen molar-refractivity contribution in [2.24, 2.45) is 5.92 Å². The largest absolute Gasteiger partial charge is 0.493 e. The Balaban J connectivity index is 1.60. The lowest BCUT2D eigenvalue weighted by Gasteiger charge is -2.31. The fraction of sp³-hybridized carbons (Fsp3) is 0.421. The predicted octanol–water partition coefficient (Wildman–Crippen LogP) is 3.01. The van der Waals surface area contributed by atoms with Gasteiger partial charge in [0.2, 0.25) is 10.0 Å². The van der Waals surface area contributed by atoms with E-state index in [2.05, 4.69) is 10.8 Å². The number of rotatable bonds is 7. The van der Waals surface area contributed by atoms with Crippen LogP contribution in [0.2, 0.25) is 0 Å². The highest BCUT2D eigenvalue weighted by molar-refractivity contribution is 7.89. The van der Waals surface area contributed by atoms with Gasteiger partial charge in [0.25, 0.3) is 0 Å². The first kappa shape index (κ1) is 19.8. The highest BCUT2D eigenvalue weighted by atomic mass is 32.2. The molecule has 144 valence electrons. The van der Waals surface area contributed by atoms with Gasteiger partial charge < -0.3 is 9.47 Å². The molecule has 1 aromatic carbocycles. The summed E-state index contributed by atoms with van der Waals surface area (Å²) in [5, 5.41) is 8.93. The highest BCUT2D eigenvalue weighted by Gasteiger charge is 2.29. The highest BCUT2D eigenvalue weighted by Crippen LogP contribution is 2.29. The SMILES string of the molecule is CCS(=O)(=O)N[C@H]1CCOC[C@@H]1COc1ccc(-c2ccc(C#N)s2)cc1. The van der Waals surface area contributed by atoms with Crippen LogP contribution in [0.15, 0.2) is 36.4 Å². The van der Waals surface area contributed by atoms with Crippen LogP contribution in [-0.2, 0) is 14.8 Å². The van der Waals surface area contributed by atoms with Gasteiger partial charge in [0, 0.05) is 23.4 Å². The number of benzene rings is 1. The van der Waals surface area contributed by atoms with Gasteiger partial charge >= 0.3 is 0 Å². The molecule has 1 aliphatic rings. The summed E-state index contributed by atoms with van der Waals surface area (Å²) < 4.78 is 37.9.